The van der Waals surface area contributed by atoms with E-state index >= 15 is 0 Å². The zero-order chi connectivity index (χ0) is 5.91. The molecule has 0 aliphatic rings. The Morgan fingerprint density at radius 3 is 2.14 bits per heavy atom. The van der Waals surface area contributed by atoms with Gasteiger partial charge >= 0.3 is 0 Å². The van der Waals surface area contributed by atoms with E-state index in [0.29, 0.717) is 0 Å². The summed E-state index contributed by atoms with van der Waals surface area (Å²) in [6.45, 7) is 0. The van der Waals surface area contributed by atoms with Crippen molar-refractivity contribution in [3.05, 3.63) is 10.4 Å². The van der Waals surface area contributed by atoms with E-state index in [1.807, 2.05) is 12.5 Å². The van der Waals surface area contributed by atoms with E-state index in [9.17, 15) is 0 Å². The summed E-state index contributed by atoms with van der Waals surface area (Å²) >= 11 is 0. The lowest BCUT2D eigenvalue weighted by atomic mass is 11.9. The highest BCUT2D eigenvalue weighted by Crippen LogP contribution is 2.49. The van der Waals surface area contributed by atoms with Crippen molar-refractivity contribution < 1.29 is 0 Å². The number of nitrogens with zero attached hydrogens (tertiary/aromatic N) is 3. The van der Waals surface area contributed by atoms with Gasteiger partial charge in [0.1, 0.15) is 0 Å². The zero-order valence-electron chi connectivity index (χ0n) is 4.33. The minimum atomic E-state index is -1.05. The molecule has 0 spiro atoms. The average Bonchev–Trinajstić information content (AvgIpc) is 1.30. The first-order chi connectivity index (χ1) is 3.06. The van der Waals surface area contributed by atoms with E-state index in [0.717, 1.165) is 0 Å². The van der Waals surface area contributed by atoms with Crippen LogP contribution in [0.4, 0.5) is 0 Å². The van der Waals surface area contributed by atoms with Gasteiger partial charge in [-0.1, -0.05) is 8.44 Å². The summed E-state index contributed by atoms with van der Waals surface area (Å²) in [5.74, 6) is 0. The number of hydrogen-bond acceptors (Lipinski definition) is 1. The van der Waals surface area contributed by atoms with Gasteiger partial charge in [0.05, 0.1) is 0 Å². The maximum atomic E-state index is 7.87. The molecule has 0 aliphatic heterocycles. The van der Waals surface area contributed by atoms with Gasteiger partial charge in [-0.2, -0.15) is 9.83 Å². The number of rotatable bonds is 1. The van der Waals surface area contributed by atoms with Crippen molar-refractivity contribution in [1.82, 2.24) is 0 Å². The minimum Gasteiger partial charge on any atom is -0.151 e. The smallest absolute Gasteiger partial charge is 0.00962 e. The third-order valence-electron chi connectivity index (χ3n) is 0.247. The van der Waals surface area contributed by atoms with Crippen molar-refractivity contribution >= 4 is 18.3 Å². The lowest BCUT2D eigenvalue weighted by Crippen LogP contribution is -1.70. The van der Waals surface area contributed by atoms with Crippen LogP contribution in [0, 0.1) is 0 Å². The van der Waals surface area contributed by atoms with Crippen molar-refractivity contribution in [3.8, 4) is 0 Å². The van der Waals surface area contributed by atoms with Crippen LogP contribution in [0.25, 0.3) is 10.4 Å². The van der Waals surface area contributed by atoms with Gasteiger partial charge in [-0.25, -0.2) is 0 Å². The predicted molar refractivity (Wildman–Crippen MR) is 38.3 cm³/mol. The quantitative estimate of drug-likeness (QED) is 0.230. The van der Waals surface area contributed by atoms with Crippen molar-refractivity contribution in [1.29, 1.82) is 0 Å². The minimum absolute atomic E-state index is 1.05. The molecular weight excluding hydrogens is 129 g/mol. The Bertz CT molecular complexity index is 100.0. The Balaban J connectivity index is 3.80. The van der Waals surface area contributed by atoms with Gasteiger partial charge in [-0.05, 0) is 22.6 Å². The molecule has 0 N–H and O–H groups in total. The standard InChI is InChI=1S/C2H8N3PS/c1-7(2,6)5-4-3/h6H2,1-2H3. The Kier molecular flexibility index (Phi) is 2.44. The summed E-state index contributed by atoms with van der Waals surface area (Å²) in [6, 6.07) is 0. The molecule has 0 aromatic rings. The van der Waals surface area contributed by atoms with Crippen LogP contribution >= 0.6 is 18.3 Å². The van der Waals surface area contributed by atoms with Gasteiger partial charge in [0.25, 0.3) is 0 Å². The van der Waals surface area contributed by atoms with Crippen molar-refractivity contribution in [2.45, 2.75) is 0 Å². The molecule has 0 fully saturated rings. The Hall–Kier alpha value is 0.0900. The fraction of sp³-hybridized carbons (Fsp3) is 1.00. The van der Waals surface area contributed by atoms with Gasteiger partial charge in [0.15, 0.2) is 0 Å². The molecule has 0 saturated carbocycles. The first-order valence-electron chi connectivity index (χ1n) is 1.63. The first kappa shape index (κ1) is 7.09. The van der Waals surface area contributed by atoms with Gasteiger partial charge in [0, 0.05) is 4.91 Å². The molecule has 1 unspecified atom stereocenters. The first-order valence-corrected chi connectivity index (χ1v) is 5.52. The molecule has 0 aliphatic carbocycles. The maximum Gasteiger partial charge on any atom is 0.00962 e. The van der Waals surface area contributed by atoms with E-state index in [-0.39, 0.29) is 0 Å². The van der Waals surface area contributed by atoms with Crippen LogP contribution in [0.15, 0.2) is 4.52 Å². The van der Waals surface area contributed by atoms with E-state index in [4.69, 9.17) is 5.53 Å². The molecule has 7 heavy (non-hydrogen) atoms. The molecular formula is C2H8N3PS. The highest BCUT2D eigenvalue weighted by molar-refractivity contribution is 8.67. The monoisotopic (exact) mass is 137 g/mol. The van der Waals surface area contributed by atoms with Crippen LogP contribution in [-0.4, -0.2) is 12.5 Å². The molecule has 0 rings (SSSR count). The topological polar surface area (TPSA) is 48.8 Å². The van der Waals surface area contributed by atoms with Gasteiger partial charge in [-0.15, -0.1) is 0 Å². The second-order valence-corrected chi connectivity index (χ2v) is 7.85. The molecule has 0 amide bonds. The summed E-state index contributed by atoms with van der Waals surface area (Å²) in [6.07, 6.45) is 3.80. The number of azide groups is 1. The van der Waals surface area contributed by atoms with E-state index in [1.54, 1.807) is 0 Å². The van der Waals surface area contributed by atoms with Crippen LogP contribution in [-0.2, 0) is 0 Å². The second-order valence-electron chi connectivity index (χ2n) is 1.52. The summed E-state index contributed by atoms with van der Waals surface area (Å²) < 4.78 is 3.48. The second kappa shape index (κ2) is 2.41. The lowest BCUT2D eigenvalue weighted by molar-refractivity contribution is 1.76. The molecule has 1 atom stereocenters. The van der Waals surface area contributed by atoms with Crippen molar-refractivity contribution in [3.63, 3.8) is 0 Å². The summed E-state index contributed by atoms with van der Waals surface area (Å²) in [5.41, 5.74) is 7.87. The third kappa shape index (κ3) is 6.09. The van der Waals surface area contributed by atoms with Crippen LogP contribution < -0.4 is 0 Å². The normalized spacial score (nSPS) is 12.4. The highest BCUT2D eigenvalue weighted by atomic mass is 32.8. The van der Waals surface area contributed by atoms with Crippen LogP contribution in [0.3, 0.4) is 0 Å². The molecule has 0 saturated heterocycles. The summed E-state index contributed by atoms with van der Waals surface area (Å²) in [7, 11) is 1.45. The molecule has 3 nitrogen and oxygen atoms in total. The van der Waals surface area contributed by atoms with Crippen molar-refractivity contribution in [2.24, 2.45) is 4.52 Å². The molecule has 0 aromatic heterocycles. The van der Waals surface area contributed by atoms with Gasteiger partial charge in [0.2, 0.25) is 0 Å². The third-order valence-corrected chi connectivity index (χ3v) is 1.02. The molecule has 5 heteroatoms. The fourth-order valence-corrected chi connectivity index (χ4v) is 0.409. The maximum absolute atomic E-state index is 7.87. The molecule has 0 radical (unpaired) electrons. The Morgan fingerprint density at radius 2 is 2.14 bits per heavy atom. The van der Waals surface area contributed by atoms with Crippen molar-refractivity contribution in [2.75, 3.05) is 12.5 Å². The molecule has 42 valence electrons. The lowest BCUT2D eigenvalue weighted by Gasteiger charge is -2.13. The predicted octanol–water partition coefficient (Wildman–Crippen LogP) is 2.07. The van der Waals surface area contributed by atoms with Crippen LogP contribution in [0.1, 0.15) is 0 Å². The molecule has 0 heterocycles. The average molecular weight is 137 g/mol. The summed E-state index contributed by atoms with van der Waals surface area (Å²) in [4.78, 5) is 2.65. The SMILES string of the molecule is CS(C)(P)N=[N+]=[N-]. The van der Waals surface area contributed by atoms with E-state index in [2.05, 4.69) is 17.9 Å². The molecule has 0 aromatic carbocycles. The Morgan fingerprint density at radius 1 is 1.71 bits per heavy atom. The van der Waals surface area contributed by atoms with E-state index < -0.39 is 9.83 Å². The highest BCUT2D eigenvalue weighted by Gasteiger charge is 1.95. The Labute approximate surface area is 46.5 Å². The largest absolute Gasteiger partial charge is 0.151 e. The van der Waals surface area contributed by atoms with Crippen LogP contribution in [0.5, 0.6) is 0 Å². The zero-order valence-corrected chi connectivity index (χ0v) is 6.30. The fourth-order valence-electron chi connectivity index (χ4n) is 0.0941. The molecule has 0 bridgehead atoms. The van der Waals surface area contributed by atoms with Crippen LogP contribution in [0.2, 0.25) is 0 Å². The van der Waals surface area contributed by atoms with Gasteiger partial charge < -0.3 is 0 Å². The van der Waals surface area contributed by atoms with E-state index in [1.165, 1.54) is 0 Å². The summed E-state index contributed by atoms with van der Waals surface area (Å²) in [5, 5.41) is 0. The number of hydrogen-bond donors (Lipinski definition) is 0. The van der Waals surface area contributed by atoms with Gasteiger partial charge in [-0.3, -0.25) is 0 Å².